The summed E-state index contributed by atoms with van der Waals surface area (Å²) in [7, 11) is 1.47. The van der Waals surface area contributed by atoms with Crippen molar-refractivity contribution in [3.05, 3.63) is 58.4 Å². The molecule has 0 saturated heterocycles. The lowest BCUT2D eigenvalue weighted by atomic mass is 10.0. The van der Waals surface area contributed by atoms with Gasteiger partial charge in [-0.15, -0.1) is 0 Å². The maximum absolute atomic E-state index is 13.3. The van der Waals surface area contributed by atoms with Crippen molar-refractivity contribution in [3.63, 3.8) is 0 Å². The molecule has 0 aliphatic carbocycles. The standard InChI is InChI=1S/C22H20O7/c1-4-18(23)28-13-10-11-15-17(12-13)29-21(22(25)27-5-2)19(20(15)24)14-8-6-7-9-16(14)26-3/h6-12H,4-5H2,1-3H3. The van der Waals surface area contributed by atoms with Crippen LogP contribution in [-0.4, -0.2) is 25.7 Å². The van der Waals surface area contributed by atoms with Crippen LogP contribution in [0.1, 0.15) is 30.8 Å². The molecular formula is C22H20O7. The van der Waals surface area contributed by atoms with Crippen LogP contribution in [0, 0.1) is 0 Å². The van der Waals surface area contributed by atoms with Gasteiger partial charge in [-0.2, -0.15) is 0 Å². The van der Waals surface area contributed by atoms with E-state index in [-0.39, 0.29) is 41.1 Å². The molecule has 150 valence electrons. The summed E-state index contributed by atoms with van der Waals surface area (Å²) in [5.41, 5.74) is 0.146. The lowest BCUT2D eigenvalue weighted by Crippen LogP contribution is -2.15. The van der Waals surface area contributed by atoms with Gasteiger partial charge in [0.1, 0.15) is 17.1 Å². The zero-order chi connectivity index (χ0) is 21.0. The predicted octanol–water partition coefficient (Wildman–Crippen LogP) is 3.96. The van der Waals surface area contributed by atoms with Crippen LogP contribution in [-0.2, 0) is 9.53 Å². The van der Waals surface area contributed by atoms with Gasteiger partial charge in [0.15, 0.2) is 0 Å². The highest BCUT2D eigenvalue weighted by Crippen LogP contribution is 2.33. The summed E-state index contributed by atoms with van der Waals surface area (Å²) in [5.74, 6) is -0.815. The number of fused-ring (bicyclic) bond motifs is 1. The molecule has 0 amide bonds. The third-order valence-corrected chi connectivity index (χ3v) is 4.22. The van der Waals surface area contributed by atoms with Crippen molar-refractivity contribution in [2.75, 3.05) is 13.7 Å². The Morgan fingerprint density at radius 3 is 2.52 bits per heavy atom. The smallest absolute Gasteiger partial charge is 0.375 e. The lowest BCUT2D eigenvalue weighted by Gasteiger charge is -2.12. The molecule has 7 heteroatoms. The maximum Gasteiger partial charge on any atom is 0.375 e. The molecule has 0 saturated carbocycles. The van der Waals surface area contributed by atoms with E-state index in [4.69, 9.17) is 18.6 Å². The van der Waals surface area contributed by atoms with E-state index in [1.165, 1.54) is 25.3 Å². The summed E-state index contributed by atoms with van der Waals surface area (Å²) in [6.07, 6.45) is 0.197. The summed E-state index contributed by atoms with van der Waals surface area (Å²) >= 11 is 0. The number of benzene rings is 2. The van der Waals surface area contributed by atoms with E-state index in [0.717, 1.165) is 0 Å². The molecular weight excluding hydrogens is 376 g/mol. The van der Waals surface area contributed by atoms with E-state index in [9.17, 15) is 14.4 Å². The van der Waals surface area contributed by atoms with Crippen molar-refractivity contribution in [3.8, 4) is 22.6 Å². The molecule has 1 heterocycles. The van der Waals surface area contributed by atoms with E-state index in [0.29, 0.717) is 11.3 Å². The Morgan fingerprint density at radius 2 is 1.83 bits per heavy atom. The van der Waals surface area contributed by atoms with Gasteiger partial charge in [-0.25, -0.2) is 4.79 Å². The first-order valence-corrected chi connectivity index (χ1v) is 9.12. The Hall–Kier alpha value is -3.61. The van der Waals surface area contributed by atoms with Crippen LogP contribution < -0.4 is 14.9 Å². The van der Waals surface area contributed by atoms with Crippen LogP contribution in [0.15, 0.2) is 51.7 Å². The fourth-order valence-corrected chi connectivity index (χ4v) is 2.88. The van der Waals surface area contributed by atoms with Gasteiger partial charge in [0, 0.05) is 18.1 Å². The molecule has 1 aromatic heterocycles. The first-order valence-electron chi connectivity index (χ1n) is 9.12. The highest BCUT2D eigenvalue weighted by Gasteiger charge is 2.25. The number of methoxy groups -OCH3 is 1. The van der Waals surface area contributed by atoms with Crippen molar-refractivity contribution in [2.45, 2.75) is 20.3 Å². The van der Waals surface area contributed by atoms with Gasteiger partial charge in [0.05, 0.1) is 24.7 Å². The zero-order valence-electron chi connectivity index (χ0n) is 16.3. The van der Waals surface area contributed by atoms with Gasteiger partial charge in [-0.05, 0) is 25.1 Å². The maximum atomic E-state index is 13.3. The SMILES string of the molecule is CCOC(=O)c1oc2cc(OC(=O)CC)ccc2c(=O)c1-c1ccccc1OC. The van der Waals surface area contributed by atoms with Gasteiger partial charge in [-0.3, -0.25) is 9.59 Å². The third kappa shape index (κ3) is 3.99. The number of rotatable bonds is 6. The summed E-state index contributed by atoms with van der Waals surface area (Å²) in [6, 6.07) is 11.2. The van der Waals surface area contributed by atoms with Crippen LogP contribution in [0.5, 0.6) is 11.5 Å². The Morgan fingerprint density at radius 1 is 1.07 bits per heavy atom. The predicted molar refractivity (Wildman–Crippen MR) is 106 cm³/mol. The molecule has 2 aromatic carbocycles. The molecule has 0 aliphatic heterocycles. The summed E-state index contributed by atoms with van der Waals surface area (Å²) in [6.45, 7) is 3.43. The zero-order valence-corrected chi connectivity index (χ0v) is 16.3. The number of ether oxygens (including phenoxy) is 3. The van der Waals surface area contributed by atoms with Crippen LogP contribution >= 0.6 is 0 Å². The number of esters is 2. The van der Waals surface area contributed by atoms with Crippen LogP contribution in [0.2, 0.25) is 0 Å². The second-order valence-corrected chi connectivity index (χ2v) is 6.04. The van der Waals surface area contributed by atoms with Crippen molar-refractivity contribution in [1.82, 2.24) is 0 Å². The van der Waals surface area contributed by atoms with Gasteiger partial charge in [-0.1, -0.05) is 25.1 Å². The molecule has 7 nitrogen and oxygen atoms in total. The van der Waals surface area contributed by atoms with Crippen molar-refractivity contribution in [2.24, 2.45) is 0 Å². The van der Waals surface area contributed by atoms with Crippen molar-refractivity contribution < 1.29 is 28.2 Å². The molecule has 0 fully saturated rings. The molecule has 3 rings (SSSR count). The van der Waals surface area contributed by atoms with Crippen molar-refractivity contribution in [1.29, 1.82) is 0 Å². The molecule has 3 aromatic rings. The average molecular weight is 396 g/mol. The first kappa shape index (κ1) is 20.1. The second kappa shape index (κ2) is 8.60. The Balaban J connectivity index is 2.29. The third-order valence-electron chi connectivity index (χ3n) is 4.22. The minimum absolute atomic E-state index is 0.0479. The van der Waals surface area contributed by atoms with E-state index in [1.807, 2.05) is 0 Å². The molecule has 0 bridgehead atoms. The quantitative estimate of drug-likeness (QED) is 0.460. The fourth-order valence-electron chi connectivity index (χ4n) is 2.88. The largest absolute Gasteiger partial charge is 0.496 e. The molecule has 0 aliphatic rings. The molecule has 0 unspecified atom stereocenters. The molecule has 0 radical (unpaired) electrons. The minimum atomic E-state index is -0.775. The minimum Gasteiger partial charge on any atom is -0.496 e. The van der Waals surface area contributed by atoms with E-state index in [1.54, 1.807) is 38.1 Å². The van der Waals surface area contributed by atoms with Gasteiger partial charge in [0.25, 0.3) is 0 Å². The van der Waals surface area contributed by atoms with Gasteiger partial charge < -0.3 is 18.6 Å². The summed E-state index contributed by atoms with van der Waals surface area (Å²) in [4.78, 5) is 37.4. The van der Waals surface area contributed by atoms with Crippen LogP contribution in [0.3, 0.4) is 0 Å². The second-order valence-electron chi connectivity index (χ2n) is 6.04. The number of para-hydroxylation sites is 1. The van der Waals surface area contributed by atoms with E-state index < -0.39 is 17.4 Å². The Labute approximate surface area is 166 Å². The average Bonchev–Trinajstić information content (AvgIpc) is 2.73. The number of hydrogen-bond donors (Lipinski definition) is 0. The normalized spacial score (nSPS) is 10.6. The molecule has 0 spiro atoms. The van der Waals surface area contributed by atoms with Gasteiger partial charge in [0.2, 0.25) is 11.2 Å². The van der Waals surface area contributed by atoms with Gasteiger partial charge >= 0.3 is 11.9 Å². The van der Waals surface area contributed by atoms with E-state index in [2.05, 4.69) is 0 Å². The molecule has 0 N–H and O–H groups in total. The summed E-state index contributed by atoms with van der Waals surface area (Å²) < 4.78 is 21.4. The molecule has 0 atom stereocenters. The summed E-state index contributed by atoms with van der Waals surface area (Å²) in [5, 5.41) is 0.232. The highest BCUT2D eigenvalue weighted by molar-refractivity contribution is 5.98. The number of carbonyl (C=O) groups is 2. The van der Waals surface area contributed by atoms with E-state index >= 15 is 0 Å². The molecule has 29 heavy (non-hydrogen) atoms. The topological polar surface area (TPSA) is 92.0 Å². The number of hydrogen-bond acceptors (Lipinski definition) is 7. The first-order chi connectivity index (χ1) is 14.0. The monoisotopic (exact) mass is 396 g/mol. The Kier molecular flexibility index (Phi) is 5.97. The highest BCUT2D eigenvalue weighted by atomic mass is 16.5. The van der Waals surface area contributed by atoms with Crippen molar-refractivity contribution >= 4 is 22.9 Å². The lowest BCUT2D eigenvalue weighted by molar-refractivity contribution is -0.134. The number of carbonyl (C=O) groups excluding carboxylic acids is 2. The fraction of sp³-hybridized carbons (Fsp3) is 0.227. The van der Waals surface area contributed by atoms with Crippen LogP contribution in [0.25, 0.3) is 22.1 Å². The Bertz CT molecular complexity index is 1130. The van der Waals surface area contributed by atoms with Crippen LogP contribution in [0.4, 0.5) is 0 Å².